The molecule has 0 rings (SSSR count). The standard InChI is InChI=1S/C14H24O4/c1-4-6-7-12(5-2)10-11(3)14(17)18-9-8-13(15)16/h12H,3-10H2,1-2H3,(H,15,16). The second-order valence-corrected chi connectivity index (χ2v) is 4.50. The topological polar surface area (TPSA) is 63.6 Å². The van der Waals surface area contributed by atoms with Crippen LogP contribution in [0.5, 0.6) is 0 Å². The van der Waals surface area contributed by atoms with Gasteiger partial charge >= 0.3 is 11.9 Å². The first kappa shape index (κ1) is 16.7. The van der Waals surface area contributed by atoms with E-state index in [2.05, 4.69) is 20.4 Å². The van der Waals surface area contributed by atoms with E-state index in [1.165, 1.54) is 0 Å². The normalized spacial score (nSPS) is 11.9. The molecule has 0 saturated carbocycles. The SMILES string of the molecule is C=C(CC(CC)CCCC)C(=O)OCCC(=O)O. The van der Waals surface area contributed by atoms with Crippen LogP contribution in [-0.4, -0.2) is 23.7 Å². The molecule has 1 N–H and O–H groups in total. The van der Waals surface area contributed by atoms with Crippen molar-refractivity contribution >= 4 is 11.9 Å². The molecule has 0 amide bonds. The van der Waals surface area contributed by atoms with Crippen molar-refractivity contribution in [2.24, 2.45) is 5.92 Å². The van der Waals surface area contributed by atoms with Crippen molar-refractivity contribution in [2.75, 3.05) is 6.61 Å². The second-order valence-electron chi connectivity index (χ2n) is 4.50. The van der Waals surface area contributed by atoms with Crippen LogP contribution in [0.1, 0.15) is 52.4 Å². The molecule has 18 heavy (non-hydrogen) atoms. The van der Waals surface area contributed by atoms with Crippen LogP contribution in [0.25, 0.3) is 0 Å². The van der Waals surface area contributed by atoms with Gasteiger partial charge in [-0.3, -0.25) is 4.79 Å². The van der Waals surface area contributed by atoms with Crippen LogP contribution in [0.4, 0.5) is 0 Å². The Kier molecular flexibility index (Phi) is 8.97. The lowest BCUT2D eigenvalue weighted by Crippen LogP contribution is -2.13. The summed E-state index contributed by atoms with van der Waals surface area (Å²) in [6, 6.07) is 0. The highest BCUT2D eigenvalue weighted by atomic mass is 16.5. The van der Waals surface area contributed by atoms with Crippen molar-refractivity contribution in [3.8, 4) is 0 Å². The third-order valence-corrected chi connectivity index (χ3v) is 2.92. The molecule has 0 heterocycles. The van der Waals surface area contributed by atoms with Gasteiger partial charge in [0.25, 0.3) is 0 Å². The largest absolute Gasteiger partial charge is 0.481 e. The van der Waals surface area contributed by atoms with Gasteiger partial charge in [0.15, 0.2) is 0 Å². The Balaban J connectivity index is 3.97. The second kappa shape index (κ2) is 9.68. The Hall–Kier alpha value is -1.32. The molecule has 104 valence electrons. The molecule has 1 unspecified atom stereocenters. The van der Waals surface area contributed by atoms with Crippen LogP contribution in [0.2, 0.25) is 0 Å². The Morgan fingerprint density at radius 2 is 2.00 bits per heavy atom. The van der Waals surface area contributed by atoms with E-state index in [0.717, 1.165) is 25.7 Å². The number of aliphatic carboxylic acids is 1. The number of hydrogen-bond acceptors (Lipinski definition) is 3. The van der Waals surface area contributed by atoms with E-state index < -0.39 is 11.9 Å². The van der Waals surface area contributed by atoms with Crippen LogP contribution in [0.15, 0.2) is 12.2 Å². The fourth-order valence-electron chi connectivity index (χ4n) is 1.71. The minimum Gasteiger partial charge on any atom is -0.481 e. The smallest absolute Gasteiger partial charge is 0.333 e. The van der Waals surface area contributed by atoms with Gasteiger partial charge in [0.05, 0.1) is 6.42 Å². The number of esters is 1. The Labute approximate surface area is 109 Å². The number of unbranched alkanes of at least 4 members (excludes halogenated alkanes) is 1. The van der Waals surface area contributed by atoms with Crippen LogP contribution in [-0.2, 0) is 14.3 Å². The molecule has 0 aromatic heterocycles. The molecular formula is C14H24O4. The van der Waals surface area contributed by atoms with Crippen molar-refractivity contribution < 1.29 is 19.4 Å². The van der Waals surface area contributed by atoms with Gasteiger partial charge in [0, 0.05) is 5.57 Å². The predicted octanol–water partition coefficient (Wildman–Crippen LogP) is 3.17. The summed E-state index contributed by atoms with van der Waals surface area (Å²) in [6.07, 6.45) is 4.89. The van der Waals surface area contributed by atoms with Crippen molar-refractivity contribution in [1.82, 2.24) is 0 Å². The number of carboxylic acids is 1. The fraction of sp³-hybridized carbons (Fsp3) is 0.714. The highest BCUT2D eigenvalue weighted by Crippen LogP contribution is 2.21. The lowest BCUT2D eigenvalue weighted by Gasteiger charge is -2.15. The molecule has 4 heteroatoms. The zero-order valence-electron chi connectivity index (χ0n) is 11.4. The van der Waals surface area contributed by atoms with E-state index in [9.17, 15) is 9.59 Å². The maximum absolute atomic E-state index is 11.5. The van der Waals surface area contributed by atoms with E-state index in [-0.39, 0.29) is 13.0 Å². The number of ether oxygens (including phenoxy) is 1. The third-order valence-electron chi connectivity index (χ3n) is 2.92. The van der Waals surface area contributed by atoms with Gasteiger partial charge in [-0.15, -0.1) is 0 Å². The number of carboxylic acid groups (broad SMARTS) is 1. The maximum atomic E-state index is 11.5. The predicted molar refractivity (Wildman–Crippen MR) is 70.3 cm³/mol. The third kappa shape index (κ3) is 7.87. The molecule has 0 spiro atoms. The molecule has 0 bridgehead atoms. The molecule has 0 aromatic carbocycles. The summed E-state index contributed by atoms with van der Waals surface area (Å²) in [7, 11) is 0. The Morgan fingerprint density at radius 1 is 1.33 bits per heavy atom. The first-order chi connectivity index (χ1) is 8.51. The van der Waals surface area contributed by atoms with Gasteiger partial charge in [-0.1, -0.05) is 46.1 Å². The summed E-state index contributed by atoms with van der Waals surface area (Å²) in [5.41, 5.74) is 0.448. The van der Waals surface area contributed by atoms with Gasteiger partial charge in [0.1, 0.15) is 6.61 Å². The minimum atomic E-state index is -0.970. The van der Waals surface area contributed by atoms with E-state index in [0.29, 0.717) is 17.9 Å². The van der Waals surface area contributed by atoms with Crippen LogP contribution >= 0.6 is 0 Å². The van der Waals surface area contributed by atoms with Crippen LogP contribution < -0.4 is 0 Å². The highest BCUT2D eigenvalue weighted by molar-refractivity contribution is 5.87. The summed E-state index contributed by atoms with van der Waals surface area (Å²) < 4.78 is 4.85. The van der Waals surface area contributed by atoms with E-state index >= 15 is 0 Å². The van der Waals surface area contributed by atoms with Crippen LogP contribution in [0.3, 0.4) is 0 Å². The molecule has 1 atom stereocenters. The summed E-state index contributed by atoms with van der Waals surface area (Å²) in [5, 5.41) is 8.43. The zero-order chi connectivity index (χ0) is 14.0. The average molecular weight is 256 g/mol. The highest BCUT2D eigenvalue weighted by Gasteiger charge is 2.14. The van der Waals surface area contributed by atoms with Gasteiger partial charge in [-0.05, 0) is 12.3 Å². The minimum absolute atomic E-state index is 0.0844. The zero-order valence-corrected chi connectivity index (χ0v) is 11.4. The van der Waals surface area contributed by atoms with E-state index in [1.807, 2.05) is 0 Å². The number of carbonyl (C=O) groups excluding carboxylic acids is 1. The molecule has 0 aliphatic carbocycles. The molecule has 0 saturated heterocycles. The summed E-state index contributed by atoms with van der Waals surface area (Å²) in [4.78, 5) is 21.8. The number of hydrogen-bond donors (Lipinski definition) is 1. The molecule has 0 radical (unpaired) electrons. The van der Waals surface area contributed by atoms with Crippen LogP contribution in [0, 0.1) is 5.92 Å². The maximum Gasteiger partial charge on any atom is 0.333 e. The lowest BCUT2D eigenvalue weighted by molar-refractivity contribution is -0.143. The number of rotatable bonds is 10. The van der Waals surface area contributed by atoms with Crippen molar-refractivity contribution in [3.63, 3.8) is 0 Å². The Morgan fingerprint density at radius 3 is 2.50 bits per heavy atom. The first-order valence-corrected chi connectivity index (χ1v) is 6.57. The van der Waals surface area contributed by atoms with E-state index in [1.54, 1.807) is 0 Å². The summed E-state index contributed by atoms with van der Waals surface area (Å²) in [5.74, 6) is -0.974. The van der Waals surface area contributed by atoms with E-state index in [4.69, 9.17) is 9.84 Å². The van der Waals surface area contributed by atoms with Gasteiger partial charge in [-0.2, -0.15) is 0 Å². The van der Waals surface area contributed by atoms with Gasteiger partial charge in [-0.25, -0.2) is 4.79 Å². The van der Waals surface area contributed by atoms with Crippen molar-refractivity contribution in [1.29, 1.82) is 0 Å². The van der Waals surface area contributed by atoms with Gasteiger partial charge < -0.3 is 9.84 Å². The molecule has 0 aromatic rings. The molecular weight excluding hydrogens is 232 g/mol. The van der Waals surface area contributed by atoms with Crippen molar-refractivity contribution in [2.45, 2.75) is 52.4 Å². The first-order valence-electron chi connectivity index (χ1n) is 6.57. The Bertz CT molecular complexity index is 284. The lowest BCUT2D eigenvalue weighted by atomic mass is 9.92. The number of carbonyl (C=O) groups is 2. The fourth-order valence-corrected chi connectivity index (χ4v) is 1.71. The monoisotopic (exact) mass is 256 g/mol. The molecule has 0 aliphatic rings. The average Bonchev–Trinajstić information content (AvgIpc) is 2.33. The summed E-state index contributed by atoms with van der Waals surface area (Å²) >= 11 is 0. The molecule has 0 aliphatic heterocycles. The van der Waals surface area contributed by atoms with Gasteiger partial charge in [0.2, 0.25) is 0 Å². The molecule has 0 fully saturated rings. The van der Waals surface area contributed by atoms with Crippen molar-refractivity contribution in [3.05, 3.63) is 12.2 Å². The quantitative estimate of drug-likeness (QED) is 0.481. The molecule has 4 nitrogen and oxygen atoms in total. The summed E-state index contributed by atoms with van der Waals surface area (Å²) in [6.45, 7) is 7.88.